The minimum atomic E-state index is -0.377. The van der Waals surface area contributed by atoms with E-state index in [0.717, 1.165) is 5.56 Å². The molecule has 0 aliphatic rings. The molecule has 1 aromatic rings. The zero-order chi connectivity index (χ0) is 13.5. The first-order chi connectivity index (χ1) is 8.54. The van der Waals surface area contributed by atoms with E-state index in [9.17, 15) is 9.59 Å². The molecule has 0 radical (unpaired) electrons. The summed E-state index contributed by atoms with van der Waals surface area (Å²) in [4.78, 5) is 22.1. The first-order valence-electron chi connectivity index (χ1n) is 5.47. The quantitative estimate of drug-likeness (QED) is 0.630. The van der Waals surface area contributed by atoms with E-state index in [4.69, 9.17) is 0 Å². The first-order valence-corrected chi connectivity index (χ1v) is 5.47. The number of ether oxygens (including phenoxy) is 1. The number of carbonyl (C=O) groups excluding carboxylic acids is 2. The SMILES string of the molecule is COC(=O)c1cc(C#CCNC(C)=O)ccc1C. The molecule has 4 heteroatoms. The van der Waals surface area contributed by atoms with Crippen molar-refractivity contribution in [3.63, 3.8) is 0 Å². The lowest BCUT2D eigenvalue weighted by molar-refractivity contribution is -0.118. The molecule has 0 spiro atoms. The second-order valence-electron chi connectivity index (χ2n) is 3.73. The molecule has 0 saturated heterocycles. The number of rotatable bonds is 2. The van der Waals surface area contributed by atoms with Gasteiger partial charge < -0.3 is 10.1 Å². The number of hydrogen-bond acceptors (Lipinski definition) is 3. The smallest absolute Gasteiger partial charge is 0.338 e. The van der Waals surface area contributed by atoms with Crippen molar-refractivity contribution in [2.24, 2.45) is 0 Å². The van der Waals surface area contributed by atoms with Crippen LogP contribution in [0.4, 0.5) is 0 Å². The lowest BCUT2D eigenvalue weighted by atomic mass is 10.1. The van der Waals surface area contributed by atoms with Gasteiger partial charge in [-0.25, -0.2) is 4.79 Å². The lowest BCUT2D eigenvalue weighted by Gasteiger charge is -2.03. The second kappa shape index (κ2) is 6.45. The Labute approximate surface area is 106 Å². The first kappa shape index (κ1) is 13.8. The van der Waals surface area contributed by atoms with E-state index in [2.05, 4.69) is 21.9 Å². The van der Waals surface area contributed by atoms with Crippen molar-refractivity contribution in [3.05, 3.63) is 34.9 Å². The predicted octanol–water partition coefficient (Wildman–Crippen LogP) is 1.27. The van der Waals surface area contributed by atoms with Crippen LogP contribution in [0.15, 0.2) is 18.2 Å². The number of benzene rings is 1. The molecule has 94 valence electrons. The molecule has 4 nitrogen and oxygen atoms in total. The van der Waals surface area contributed by atoms with E-state index >= 15 is 0 Å². The van der Waals surface area contributed by atoms with Gasteiger partial charge in [-0.2, -0.15) is 0 Å². The summed E-state index contributed by atoms with van der Waals surface area (Å²) in [7, 11) is 1.34. The van der Waals surface area contributed by atoms with Crippen LogP contribution in [0.1, 0.15) is 28.4 Å². The highest BCUT2D eigenvalue weighted by Gasteiger charge is 2.08. The zero-order valence-electron chi connectivity index (χ0n) is 10.7. The third-order valence-corrected chi connectivity index (χ3v) is 2.30. The third kappa shape index (κ3) is 3.95. The summed E-state index contributed by atoms with van der Waals surface area (Å²) < 4.78 is 4.69. The summed E-state index contributed by atoms with van der Waals surface area (Å²) in [6, 6.07) is 5.32. The van der Waals surface area contributed by atoms with Crippen LogP contribution in [0.25, 0.3) is 0 Å². The molecule has 1 amide bonds. The third-order valence-electron chi connectivity index (χ3n) is 2.30. The summed E-state index contributed by atoms with van der Waals surface area (Å²) >= 11 is 0. The number of hydrogen-bond donors (Lipinski definition) is 1. The molecule has 1 aromatic carbocycles. The molecule has 0 unspecified atom stereocenters. The lowest BCUT2D eigenvalue weighted by Crippen LogP contribution is -2.19. The highest BCUT2D eigenvalue weighted by Crippen LogP contribution is 2.11. The van der Waals surface area contributed by atoms with Crippen molar-refractivity contribution < 1.29 is 14.3 Å². The van der Waals surface area contributed by atoms with E-state index in [1.807, 2.05) is 19.1 Å². The van der Waals surface area contributed by atoms with Crippen molar-refractivity contribution in [2.45, 2.75) is 13.8 Å². The van der Waals surface area contributed by atoms with Gasteiger partial charge in [0.2, 0.25) is 5.91 Å². The monoisotopic (exact) mass is 245 g/mol. The summed E-state index contributed by atoms with van der Waals surface area (Å²) in [6.45, 7) is 3.56. The van der Waals surface area contributed by atoms with Crippen LogP contribution < -0.4 is 5.32 Å². The molecule has 1 rings (SSSR count). The Morgan fingerprint density at radius 2 is 2.11 bits per heavy atom. The van der Waals surface area contributed by atoms with E-state index in [0.29, 0.717) is 11.1 Å². The fourth-order valence-electron chi connectivity index (χ4n) is 1.34. The van der Waals surface area contributed by atoms with E-state index in [1.165, 1.54) is 14.0 Å². The van der Waals surface area contributed by atoms with Crippen LogP contribution in [0.3, 0.4) is 0 Å². The molecule has 0 aliphatic heterocycles. The Balaban J connectivity index is 2.85. The van der Waals surface area contributed by atoms with Gasteiger partial charge in [0.05, 0.1) is 19.2 Å². The highest BCUT2D eigenvalue weighted by molar-refractivity contribution is 5.91. The molecule has 0 saturated carbocycles. The highest BCUT2D eigenvalue weighted by atomic mass is 16.5. The van der Waals surface area contributed by atoms with Crippen molar-refractivity contribution in [1.29, 1.82) is 0 Å². The number of amides is 1. The standard InChI is InChI=1S/C14H15NO3/c1-10-6-7-12(5-4-8-15-11(2)16)9-13(10)14(17)18-3/h6-7,9H,8H2,1-3H3,(H,15,16). The maximum atomic E-state index is 11.5. The van der Waals surface area contributed by atoms with E-state index in [1.54, 1.807) is 6.07 Å². The summed E-state index contributed by atoms with van der Waals surface area (Å²) in [6.07, 6.45) is 0. The molecule has 0 fully saturated rings. The number of nitrogens with one attached hydrogen (secondary N) is 1. The fourth-order valence-corrected chi connectivity index (χ4v) is 1.34. The predicted molar refractivity (Wildman–Crippen MR) is 68.1 cm³/mol. The van der Waals surface area contributed by atoms with Crippen LogP contribution in [0.2, 0.25) is 0 Å². The molecule has 0 bridgehead atoms. The van der Waals surface area contributed by atoms with Gasteiger partial charge in [0.15, 0.2) is 0 Å². The van der Waals surface area contributed by atoms with E-state index in [-0.39, 0.29) is 18.4 Å². The minimum Gasteiger partial charge on any atom is -0.465 e. The van der Waals surface area contributed by atoms with Gasteiger partial charge >= 0.3 is 5.97 Å². The van der Waals surface area contributed by atoms with Gasteiger partial charge in [-0.05, 0) is 24.6 Å². The van der Waals surface area contributed by atoms with Gasteiger partial charge in [0.25, 0.3) is 0 Å². The number of aryl methyl sites for hydroxylation is 1. The number of esters is 1. The van der Waals surface area contributed by atoms with Gasteiger partial charge in [-0.3, -0.25) is 4.79 Å². The van der Waals surface area contributed by atoms with Gasteiger partial charge in [0.1, 0.15) is 0 Å². The fraction of sp³-hybridized carbons (Fsp3) is 0.286. The molecule has 0 aliphatic carbocycles. The number of methoxy groups -OCH3 is 1. The largest absolute Gasteiger partial charge is 0.465 e. The van der Waals surface area contributed by atoms with Crippen LogP contribution in [-0.4, -0.2) is 25.5 Å². The molecule has 1 N–H and O–H groups in total. The van der Waals surface area contributed by atoms with Crippen molar-refractivity contribution in [3.8, 4) is 11.8 Å². The Morgan fingerprint density at radius 1 is 1.39 bits per heavy atom. The van der Waals surface area contributed by atoms with Gasteiger partial charge in [-0.15, -0.1) is 0 Å². The molecular formula is C14H15NO3. The maximum absolute atomic E-state index is 11.5. The van der Waals surface area contributed by atoms with Crippen molar-refractivity contribution >= 4 is 11.9 Å². The Morgan fingerprint density at radius 3 is 2.72 bits per heavy atom. The maximum Gasteiger partial charge on any atom is 0.338 e. The molecular weight excluding hydrogens is 230 g/mol. The Hall–Kier alpha value is -2.28. The van der Waals surface area contributed by atoms with Crippen LogP contribution >= 0.6 is 0 Å². The summed E-state index contributed by atoms with van der Waals surface area (Å²) in [5, 5.41) is 2.57. The van der Waals surface area contributed by atoms with Gasteiger partial charge in [0, 0.05) is 12.5 Å². The van der Waals surface area contributed by atoms with Crippen molar-refractivity contribution in [2.75, 3.05) is 13.7 Å². The average molecular weight is 245 g/mol. The average Bonchev–Trinajstić information content (AvgIpc) is 2.35. The van der Waals surface area contributed by atoms with Gasteiger partial charge in [-0.1, -0.05) is 17.9 Å². The molecule has 0 atom stereocenters. The van der Waals surface area contributed by atoms with Crippen LogP contribution in [0.5, 0.6) is 0 Å². The summed E-state index contributed by atoms with van der Waals surface area (Å²) in [5.74, 6) is 5.18. The molecule has 18 heavy (non-hydrogen) atoms. The Bertz CT molecular complexity index is 524. The second-order valence-corrected chi connectivity index (χ2v) is 3.73. The van der Waals surface area contributed by atoms with Crippen LogP contribution in [0, 0.1) is 18.8 Å². The zero-order valence-corrected chi connectivity index (χ0v) is 10.7. The Kier molecular flexibility index (Phi) is 4.94. The topological polar surface area (TPSA) is 55.4 Å². The molecule has 0 aromatic heterocycles. The van der Waals surface area contributed by atoms with Crippen molar-refractivity contribution in [1.82, 2.24) is 5.32 Å². The molecule has 0 heterocycles. The van der Waals surface area contributed by atoms with E-state index < -0.39 is 0 Å². The minimum absolute atomic E-state index is 0.122. The normalized spacial score (nSPS) is 9.06. The number of carbonyl (C=O) groups is 2. The van der Waals surface area contributed by atoms with Crippen LogP contribution in [-0.2, 0) is 9.53 Å². The summed E-state index contributed by atoms with van der Waals surface area (Å²) in [5.41, 5.74) is 2.06.